The van der Waals surface area contributed by atoms with E-state index in [1.165, 1.54) is 4.68 Å². The second-order valence-corrected chi connectivity index (χ2v) is 14.1. The summed E-state index contributed by atoms with van der Waals surface area (Å²) in [5.74, 6) is -0.670. The van der Waals surface area contributed by atoms with Gasteiger partial charge < -0.3 is 19.7 Å². The Balaban J connectivity index is 1.43. The Bertz CT molecular complexity index is 1350. The molecule has 0 saturated heterocycles. The maximum absolute atomic E-state index is 13.9. The van der Waals surface area contributed by atoms with Crippen LogP contribution in [0.4, 0.5) is 0 Å². The van der Waals surface area contributed by atoms with Gasteiger partial charge in [-0.05, 0) is 50.3 Å². The summed E-state index contributed by atoms with van der Waals surface area (Å²) in [5.41, 5.74) is 2.02. The average Bonchev–Trinajstić information content (AvgIpc) is 3.62. The molecule has 12 heteroatoms. The number of fused-ring (bicyclic) bond motifs is 1. The molecule has 1 saturated carbocycles. The zero-order valence-electron chi connectivity index (χ0n) is 22.4. The lowest BCUT2D eigenvalue weighted by Crippen LogP contribution is -2.52. The number of carbonyl (C=O) groups excluding carboxylic acids is 2. The molecular formula is C27H35ClN4O6S. The van der Waals surface area contributed by atoms with Crippen molar-refractivity contribution in [2.75, 3.05) is 39.5 Å². The van der Waals surface area contributed by atoms with Crippen molar-refractivity contribution in [3.8, 4) is 0 Å². The predicted octanol–water partition coefficient (Wildman–Crippen LogP) is 2.63. The summed E-state index contributed by atoms with van der Waals surface area (Å²) in [6, 6.07) is 7.18. The van der Waals surface area contributed by atoms with Gasteiger partial charge in [-0.25, -0.2) is 8.42 Å². The van der Waals surface area contributed by atoms with Crippen molar-refractivity contribution in [2.24, 2.45) is 0 Å². The van der Waals surface area contributed by atoms with E-state index in [4.69, 9.17) is 21.1 Å². The third-order valence-corrected chi connectivity index (χ3v) is 11.9. The first-order valence-electron chi connectivity index (χ1n) is 13.4. The number of rotatable bonds is 4. The largest absolute Gasteiger partial charge is 0.377 e. The molecule has 1 fully saturated rings. The van der Waals surface area contributed by atoms with E-state index in [1.807, 2.05) is 19.1 Å². The summed E-state index contributed by atoms with van der Waals surface area (Å²) < 4.78 is 38.8. The quantitative estimate of drug-likeness (QED) is 0.592. The maximum Gasteiger partial charge on any atom is 0.272 e. The molecule has 1 aromatic heterocycles. The summed E-state index contributed by atoms with van der Waals surface area (Å²) in [7, 11) is -3.62. The summed E-state index contributed by atoms with van der Waals surface area (Å²) in [4.78, 5) is 28.6. The summed E-state index contributed by atoms with van der Waals surface area (Å²) >= 11 is 5.95. The summed E-state index contributed by atoms with van der Waals surface area (Å²) in [5, 5.41) is 8.04. The van der Waals surface area contributed by atoms with Crippen LogP contribution in [0, 0.1) is 0 Å². The predicted molar refractivity (Wildman–Crippen MR) is 146 cm³/mol. The fourth-order valence-electron chi connectivity index (χ4n) is 5.39. The first-order chi connectivity index (χ1) is 18.6. The van der Waals surface area contributed by atoms with Gasteiger partial charge in [0.05, 0.1) is 42.5 Å². The fourth-order valence-corrected chi connectivity index (χ4v) is 8.14. The molecule has 3 heterocycles. The Morgan fingerprint density at radius 1 is 1.13 bits per heavy atom. The molecule has 1 N–H and O–H groups in total. The smallest absolute Gasteiger partial charge is 0.272 e. The Labute approximate surface area is 233 Å². The average molecular weight is 579 g/mol. The van der Waals surface area contributed by atoms with Crippen molar-refractivity contribution in [2.45, 2.75) is 62.1 Å². The SMILES string of the molecule is CCC1(C)COCCOCCn2nc(C(=O)NCc3ccc(Cl)cc3)c3c2C(=O)N(CC3)CC2(CC2)S1(=O)=O. The normalized spacial score (nSPS) is 24.6. The molecule has 2 aliphatic heterocycles. The molecule has 2 amide bonds. The molecule has 2 bridgehead atoms. The van der Waals surface area contributed by atoms with Crippen LogP contribution in [0.2, 0.25) is 5.02 Å². The maximum atomic E-state index is 13.9. The van der Waals surface area contributed by atoms with E-state index in [0.717, 1.165) is 5.56 Å². The van der Waals surface area contributed by atoms with E-state index in [2.05, 4.69) is 10.4 Å². The van der Waals surface area contributed by atoms with Gasteiger partial charge in [0, 0.05) is 30.2 Å². The third-order valence-electron chi connectivity index (χ3n) is 8.23. The summed E-state index contributed by atoms with van der Waals surface area (Å²) in [6.07, 6.45) is 1.86. The number of nitrogens with zero attached hydrogens (tertiary/aromatic N) is 3. The van der Waals surface area contributed by atoms with Crippen molar-refractivity contribution in [3.05, 3.63) is 51.8 Å². The summed E-state index contributed by atoms with van der Waals surface area (Å²) in [6.45, 7) is 5.52. The lowest BCUT2D eigenvalue weighted by Gasteiger charge is -2.36. The first kappa shape index (κ1) is 28.1. The van der Waals surface area contributed by atoms with E-state index in [-0.39, 0.29) is 63.6 Å². The highest BCUT2D eigenvalue weighted by molar-refractivity contribution is 7.94. The Hall–Kier alpha value is -2.47. The second-order valence-electron chi connectivity index (χ2n) is 10.8. The molecule has 5 rings (SSSR count). The number of ether oxygens (including phenoxy) is 2. The van der Waals surface area contributed by atoms with Crippen LogP contribution in [0.1, 0.15) is 65.2 Å². The molecule has 3 aliphatic rings. The van der Waals surface area contributed by atoms with E-state index in [9.17, 15) is 18.0 Å². The fraction of sp³-hybridized carbons (Fsp3) is 0.593. The van der Waals surface area contributed by atoms with E-state index >= 15 is 0 Å². The molecule has 1 atom stereocenters. The van der Waals surface area contributed by atoms with Gasteiger partial charge in [0.15, 0.2) is 15.5 Å². The van der Waals surface area contributed by atoms with E-state index < -0.39 is 19.3 Å². The Morgan fingerprint density at radius 2 is 1.85 bits per heavy atom. The Morgan fingerprint density at radius 3 is 2.54 bits per heavy atom. The van der Waals surface area contributed by atoms with Crippen LogP contribution in [0.3, 0.4) is 0 Å². The number of sulfone groups is 1. The first-order valence-corrected chi connectivity index (χ1v) is 15.3. The third kappa shape index (κ3) is 5.21. The van der Waals surface area contributed by atoms with Gasteiger partial charge in [0.2, 0.25) is 0 Å². The van der Waals surface area contributed by atoms with Gasteiger partial charge in [-0.15, -0.1) is 0 Å². The second kappa shape index (κ2) is 10.8. The van der Waals surface area contributed by atoms with E-state index in [0.29, 0.717) is 48.5 Å². The number of benzene rings is 1. The van der Waals surface area contributed by atoms with Gasteiger partial charge >= 0.3 is 0 Å². The monoisotopic (exact) mass is 578 g/mol. The van der Waals surface area contributed by atoms with Crippen LogP contribution < -0.4 is 5.32 Å². The van der Waals surface area contributed by atoms with Crippen molar-refractivity contribution >= 4 is 33.3 Å². The number of hydrogen-bond acceptors (Lipinski definition) is 7. The highest BCUT2D eigenvalue weighted by atomic mass is 35.5. The van der Waals surface area contributed by atoms with Gasteiger partial charge in [0.1, 0.15) is 5.69 Å². The number of aromatic nitrogens is 2. The molecule has 212 valence electrons. The number of nitrogens with one attached hydrogen (secondary N) is 1. The molecule has 0 radical (unpaired) electrons. The van der Waals surface area contributed by atoms with Crippen LogP contribution >= 0.6 is 11.6 Å². The van der Waals surface area contributed by atoms with Crippen molar-refractivity contribution in [1.29, 1.82) is 0 Å². The molecule has 1 unspecified atom stereocenters. The topological polar surface area (TPSA) is 120 Å². The minimum Gasteiger partial charge on any atom is -0.377 e. The minimum atomic E-state index is -3.62. The molecule has 1 aromatic carbocycles. The van der Waals surface area contributed by atoms with Gasteiger partial charge in [-0.1, -0.05) is 30.7 Å². The highest BCUT2D eigenvalue weighted by Crippen LogP contribution is 2.50. The lowest BCUT2D eigenvalue weighted by molar-refractivity contribution is 0.0353. The van der Waals surface area contributed by atoms with Crippen molar-refractivity contribution < 1.29 is 27.5 Å². The van der Waals surface area contributed by atoms with Crippen LogP contribution in [0.25, 0.3) is 0 Å². The van der Waals surface area contributed by atoms with Crippen LogP contribution in [0.5, 0.6) is 0 Å². The molecular weight excluding hydrogens is 544 g/mol. The van der Waals surface area contributed by atoms with Crippen molar-refractivity contribution in [1.82, 2.24) is 20.0 Å². The van der Waals surface area contributed by atoms with Crippen LogP contribution in [-0.2, 0) is 38.8 Å². The van der Waals surface area contributed by atoms with Gasteiger partial charge in [-0.2, -0.15) is 5.10 Å². The van der Waals surface area contributed by atoms with Gasteiger partial charge in [-0.3, -0.25) is 14.3 Å². The van der Waals surface area contributed by atoms with Crippen molar-refractivity contribution in [3.63, 3.8) is 0 Å². The van der Waals surface area contributed by atoms with Crippen LogP contribution in [0.15, 0.2) is 24.3 Å². The molecule has 1 spiro atoms. The molecule has 1 aliphatic carbocycles. The number of carbonyl (C=O) groups is 2. The molecule has 10 nitrogen and oxygen atoms in total. The molecule has 39 heavy (non-hydrogen) atoms. The number of amides is 2. The zero-order valence-corrected chi connectivity index (χ0v) is 23.9. The lowest BCUT2D eigenvalue weighted by atomic mass is 10.0. The van der Waals surface area contributed by atoms with Crippen LogP contribution in [-0.4, -0.2) is 83.9 Å². The number of hydrogen-bond donors (Lipinski definition) is 1. The van der Waals surface area contributed by atoms with E-state index in [1.54, 1.807) is 24.0 Å². The number of halogens is 1. The highest BCUT2D eigenvalue weighted by Gasteiger charge is 2.61. The minimum absolute atomic E-state index is 0.0884. The standard InChI is InChI=1S/C27H35ClN4O6S/c1-3-26(2)18-38-15-14-37-13-12-32-23-21(8-11-31(25(23)34)17-27(9-10-27)39(26,35)36)22(30-32)24(33)29-16-19-4-6-20(28)7-5-19/h4-7H,3,8-18H2,1-2H3,(H,29,33). The Kier molecular flexibility index (Phi) is 7.80. The molecule has 2 aromatic rings. The zero-order chi connectivity index (χ0) is 27.8. The van der Waals surface area contributed by atoms with Gasteiger partial charge in [0.25, 0.3) is 11.8 Å².